The van der Waals surface area contributed by atoms with Crippen molar-refractivity contribution >= 4 is 11.6 Å². The lowest BCUT2D eigenvalue weighted by Gasteiger charge is -2.28. The zero-order valence-electron chi connectivity index (χ0n) is 10.0. The van der Waals surface area contributed by atoms with Gasteiger partial charge in [0.25, 0.3) is 0 Å². The number of alkyl halides is 3. The fourth-order valence-electron chi connectivity index (χ4n) is 2.26. The van der Waals surface area contributed by atoms with Gasteiger partial charge in [0, 0.05) is 11.1 Å². The quantitative estimate of drug-likeness (QED) is 0.801. The normalized spacial score (nSPS) is 25.2. The number of benzene rings is 1. The minimum absolute atomic E-state index is 0.0269. The van der Waals surface area contributed by atoms with Gasteiger partial charge < -0.3 is 5.32 Å². The molecular formula is C13H15ClF3N. The van der Waals surface area contributed by atoms with E-state index in [1.807, 2.05) is 0 Å². The largest absolute Gasteiger partial charge is 0.416 e. The molecule has 0 bridgehead atoms. The fraction of sp³-hybridized carbons (Fsp3) is 0.538. The maximum atomic E-state index is 12.7. The minimum Gasteiger partial charge on any atom is -0.310 e. The van der Waals surface area contributed by atoms with Crippen molar-refractivity contribution in [3.05, 3.63) is 34.3 Å². The highest BCUT2D eigenvalue weighted by molar-refractivity contribution is 6.30. The fourth-order valence-corrected chi connectivity index (χ4v) is 2.50. The summed E-state index contributed by atoms with van der Waals surface area (Å²) in [7, 11) is 0. The molecule has 1 N–H and O–H groups in total. The summed E-state index contributed by atoms with van der Waals surface area (Å²) in [5, 5.41) is 3.40. The Morgan fingerprint density at radius 3 is 2.50 bits per heavy atom. The van der Waals surface area contributed by atoms with Gasteiger partial charge in [-0.15, -0.1) is 0 Å². The molecule has 0 radical (unpaired) electrons. The SMILES string of the molecule is C[C@@H]1CC[C@@H](c2cc(Cl)cc(C(F)(F)F)c2)NC1. The molecule has 1 nitrogen and oxygen atoms in total. The maximum Gasteiger partial charge on any atom is 0.416 e. The molecule has 5 heteroatoms. The van der Waals surface area contributed by atoms with Gasteiger partial charge in [-0.3, -0.25) is 0 Å². The van der Waals surface area contributed by atoms with Crippen molar-refractivity contribution < 1.29 is 13.2 Å². The highest BCUT2D eigenvalue weighted by atomic mass is 35.5. The highest BCUT2D eigenvalue weighted by Gasteiger charge is 2.32. The second kappa shape index (κ2) is 5.10. The van der Waals surface area contributed by atoms with Crippen LogP contribution in [0.2, 0.25) is 5.02 Å². The van der Waals surface area contributed by atoms with E-state index in [1.165, 1.54) is 6.07 Å². The zero-order valence-corrected chi connectivity index (χ0v) is 10.8. The molecule has 1 fully saturated rings. The predicted molar refractivity (Wildman–Crippen MR) is 65.6 cm³/mol. The van der Waals surface area contributed by atoms with Gasteiger partial charge in [0.2, 0.25) is 0 Å². The number of nitrogens with one attached hydrogen (secondary N) is 1. The Labute approximate surface area is 109 Å². The summed E-state index contributed by atoms with van der Waals surface area (Å²) in [5.41, 5.74) is -0.0489. The molecule has 0 aliphatic carbocycles. The summed E-state index contributed by atoms with van der Waals surface area (Å²) >= 11 is 5.78. The summed E-state index contributed by atoms with van der Waals surface area (Å²) in [4.78, 5) is 0. The van der Waals surface area contributed by atoms with E-state index in [0.29, 0.717) is 11.5 Å². The van der Waals surface area contributed by atoms with Gasteiger partial charge >= 0.3 is 6.18 Å². The third-order valence-electron chi connectivity index (χ3n) is 3.31. The lowest BCUT2D eigenvalue weighted by molar-refractivity contribution is -0.137. The number of rotatable bonds is 1. The smallest absolute Gasteiger partial charge is 0.310 e. The van der Waals surface area contributed by atoms with E-state index in [2.05, 4.69) is 12.2 Å². The van der Waals surface area contributed by atoms with Crippen LogP contribution in [0.5, 0.6) is 0 Å². The van der Waals surface area contributed by atoms with Crippen LogP contribution < -0.4 is 5.32 Å². The Hall–Kier alpha value is -0.740. The van der Waals surface area contributed by atoms with E-state index in [1.54, 1.807) is 6.07 Å². The van der Waals surface area contributed by atoms with Gasteiger partial charge in [-0.25, -0.2) is 0 Å². The second-order valence-electron chi connectivity index (χ2n) is 4.91. The van der Waals surface area contributed by atoms with Crippen LogP contribution in [0.1, 0.15) is 36.9 Å². The molecule has 0 aromatic heterocycles. The molecule has 1 saturated heterocycles. The summed E-state index contributed by atoms with van der Waals surface area (Å²) in [5.74, 6) is 0.572. The molecule has 18 heavy (non-hydrogen) atoms. The van der Waals surface area contributed by atoms with E-state index >= 15 is 0 Å². The average Bonchev–Trinajstić information content (AvgIpc) is 2.28. The molecule has 0 unspecified atom stereocenters. The van der Waals surface area contributed by atoms with Crippen molar-refractivity contribution in [2.45, 2.75) is 32.0 Å². The van der Waals surface area contributed by atoms with Gasteiger partial charge in [-0.05, 0) is 49.1 Å². The Morgan fingerprint density at radius 2 is 1.94 bits per heavy atom. The summed E-state index contributed by atoms with van der Waals surface area (Å²) < 4.78 is 38.1. The third-order valence-corrected chi connectivity index (χ3v) is 3.53. The van der Waals surface area contributed by atoms with E-state index in [9.17, 15) is 13.2 Å². The topological polar surface area (TPSA) is 12.0 Å². The monoisotopic (exact) mass is 277 g/mol. The van der Waals surface area contributed by atoms with Gasteiger partial charge in [-0.1, -0.05) is 18.5 Å². The first-order valence-corrected chi connectivity index (χ1v) is 6.35. The van der Waals surface area contributed by atoms with Crippen LogP contribution in [-0.4, -0.2) is 6.54 Å². The summed E-state index contributed by atoms with van der Waals surface area (Å²) in [6, 6.07) is 3.75. The first kappa shape index (κ1) is 13.7. The van der Waals surface area contributed by atoms with Crippen molar-refractivity contribution in [2.24, 2.45) is 5.92 Å². The number of hydrogen-bond acceptors (Lipinski definition) is 1. The van der Waals surface area contributed by atoms with Crippen molar-refractivity contribution in [3.63, 3.8) is 0 Å². The van der Waals surface area contributed by atoms with Crippen molar-refractivity contribution in [1.82, 2.24) is 5.32 Å². The third kappa shape index (κ3) is 3.18. The molecule has 0 saturated carbocycles. The van der Waals surface area contributed by atoms with E-state index in [0.717, 1.165) is 25.5 Å². The standard InChI is InChI=1S/C13H15ClF3N/c1-8-2-3-12(18-7-8)9-4-10(13(15,16)17)6-11(14)5-9/h4-6,8,12,18H,2-3,7H2,1H3/t8-,12+/m1/s1. The van der Waals surface area contributed by atoms with Gasteiger partial charge in [-0.2, -0.15) is 13.2 Å². The number of halogens is 4. The molecule has 2 rings (SSSR count). The molecule has 2 atom stereocenters. The second-order valence-corrected chi connectivity index (χ2v) is 5.35. The number of piperidine rings is 1. The van der Waals surface area contributed by atoms with Crippen LogP contribution in [0.3, 0.4) is 0 Å². The molecule has 1 aromatic rings. The van der Waals surface area contributed by atoms with Gasteiger partial charge in [0.05, 0.1) is 5.56 Å². The first-order chi connectivity index (χ1) is 8.36. The van der Waals surface area contributed by atoms with Crippen LogP contribution in [0.4, 0.5) is 13.2 Å². The molecule has 1 aromatic carbocycles. The van der Waals surface area contributed by atoms with Gasteiger partial charge in [0.1, 0.15) is 0 Å². The highest BCUT2D eigenvalue weighted by Crippen LogP contribution is 2.35. The van der Waals surface area contributed by atoms with Crippen molar-refractivity contribution in [2.75, 3.05) is 6.54 Å². The molecule has 1 aliphatic heterocycles. The Balaban J connectivity index is 2.25. The predicted octanol–water partition coefficient (Wildman–Crippen LogP) is 4.42. The van der Waals surface area contributed by atoms with E-state index in [-0.39, 0.29) is 11.1 Å². The lowest BCUT2D eigenvalue weighted by atomic mass is 9.91. The van der Waals surface area contributed by atoms with Crippen LogP contribution in [0.25, 0.3) is 0 Å². The molecular weight excluding hydrogens is 263 g/mol. The Morgan fingerprint density at radius 1 is 1.22 bits per heavy atom. The van der Waals surface area contributed by atoms with E-state index in [4.69, 9.17) is 11.6 Å². The minimum atomic E-state index is -4.35. The summed E-state index contributed by atoms with van der Waals surface area (Å²) in [6.07, 6.45) is -2.48. The molecule has 0 spiro atoms. The molecule has 1 heterocycles. The maximum absolute atomic E-state index is 12.7. The van der Waals surface area contributed by atoms with E-state index < -0.39 is 11.7 Å². The number of hydrogen-bond donors (Lipinski definition) is 1. The Bertz CT molecular complexity index is 423. The Kier molecular flexibility index (Phi) is 3.87. The lowest BCUT2D eigenvalue weighted by Crippen LogP contribution is -2.32. The molecule has 100 valence electrons. The van der Waals surface area contributed by atoms with Crippen LogP contribution in [0.15, 0.2) is 18.2 Å². The van der Waals surface area contributed by atoms with Crippen LogP contribution >= 0.6 is 11.6 Å². The van der Waals surface area contributed by atoms with Crippen LogP contribution in [-0.2, 0) is 6.18 Å². The average molecular weight is 278 g/mol. The molecule has 0 amide bonds. The summed E-state index contributed by atoms with van der Waals surface area (Å²) in [6.45, 7) is 2.96. The first-order valence-electron chi connectivity index (χ1n) is 5.97. The molecule has 1 aliphatic rings. The van der Waals surface area contributed by atoms with Crippen LogP contribution in [0, 0.1) is 5.92 Å². The van der Waals surface area contributed by atoms with Crippen molar-refractivity contribution in [3.8, 4) is 0 Å². The van der Waals surface area contributed by atoms with Crippen molar-refractivity contribution in [1.29, 1.82) is 0 Å². The van der Waals surface area contributed by atoms with Gasteiger partial charge in [0.15, 0.2) is 0 Å². The zero-order chi connectivity index (χ0) is 13.3.